The highest BCUT2D eigenvalue weighted by atomic mass is 16.5. The minimum atomic E-state index is -0.364. The highest BCUT2D eigenvalue weighted by Gasteiger charge is 2.15. The number of hydrogen-bond donors (Lipinski definition) is 0. The van der Waals surface area contributed by atoms with Crippen LogP contribution < -0.4 is 9.47 Å². The molecule has 0 aromatic heterocycles. The second-order valence-corrected chi connectivity index (χ2v) is 8.14. The van der Waals surface area contributed by atoms with Crippen LogP contribution in [-0.4, -0.2) is 12.6 Å². The summed E-state index contributed by atoms with van der Waals surface area (Å²) in [6.45, 7) is 2.96. The molecule has 2 aromatic carbocycles. The van der Waals surface area contributed by atoms with E-state index in [9.17, 15) is 4.79 Å². The summed E-state index contributed by atoms with van der Waals surface area (Å²) < 4.78 is 11.2. The van der Waals surface area contributed by atoms with E-state index < -0.39 is 0 Å². The lowest BCUT2D eigenvalue weighted by molar-refractivity contribution is -0.128. The zero-order valence-corrected chi connectivity index (χ0v) is 18.1. The third-order valence-corrected chi connectivity index (χ3v) is 5.73. The van der Waals surface area contributed by atoms with E-state index in [0.717, 1.165) is 24.3 Å². The van der Waals surface area contributed by atoms with Gasteiger partial charge in [-0.2, -0.15) is 0 Å². The Hall–Kier alpha value is -2.55. The first kappa shape index (κ1) is 22.1. The molecule has 30 heavy (non-hydrogen) atoms. The Morgan fingerprint density at radius 2 is 1.60 bits per heavy atom. The molecule has 0 radical (unpaired) electrons. The zero-order valence-electron chi connectivity index (χ0n) is 18.1. The molecule has 0 saturated heterocycles. The van der Waals surface area contributed by atoms with Crippen LogP contribution >= 0.6 is 0 Å². The highest BCUT2D eigenvalue weighted by molar-refractivity contribution is 5.88. The summed E-state index contributed by atoms with van der Waals surface area (Å²) in [6, 6.07) is 15.8. The first-order chi connectivity index (χ1) is 14.7. The van der Waals surface area contributed by atoms with Gasteiger partial charge in [-0.05, 0) is 66.6 Å². The Bertz CT molecular complexity index is 784. The smallest absolute Gasteiger partial charge is 0.336 e. The lowest BCUT2D eigenvalue weighted by Gasteiger charge is -2.21. The molecule has 0 spiro atoms. The van der Waals surface area contributed by atoms with Crippen molar-refractivity contribution >= 4 is 12.0 Å². The topological polar surface area (TPSA) is 35.5 Å². The largest absolute Gasteiger partial charge is 0.494 e. The first-order valence-electron chi connectivity index (χ1n) is 11.5. The number of hydrogen-bond acceptors (Lipinski definition) is 3. The maximum Gasteiger partial charge on any atom is 0.336 e. The van der Waals surface area contributed by atoms with Crippen LogP contribution in [-0.2, 0) is 4.79 Å². The fourth-order valence-corrected chi connectivity index (χ4v) is 3.95. The van der Waals surface area contributed by atoms with E-state index in [-0.39, 0.29) is 5.97 Å². The first-order valence-corrected chi connectivity index (χ1v) is 11.5. The molecule has 3 nitrogen and oxygen atoms in total. The molecule has 160 valence electrons. The molecule has 0 amide bonds. The molecule has 3 rings (SSSR count). The van der Waals surface area contributed by atoms with Crippen molar-refractivity contribution in [3.63, 3.8) is 0 Å². The molecule has 0 unspecified atom stereocenters. The molecular weight excluding hydrogens is 372 g/mol. The zero-order chi connectivity index (χ0) is 21.0. The molecule has 0 atom stereocenters. The number of carbonyl (C=O) groups excluding carboxylic acids is 1. The predicted molar refractivity (Wildman–Crippen MR) is 123 cm³/mol. The maximum absolute atomic E-state index is 12.1. The Morgan fingerprint density at radius 1 is 0.900 bits per heavy atom. The molecule has 1 saturated carbocycles. The molecule has 1 aliphatic carbocycles. The molecule has 0 heterocycles. The van der Waals surface area contributed by atoms with Gasteiger partial charge in [0.15, 0.2) is 0 Å². The van der Waals surface area contributed by atoms with Crippen molar-refractivity contribution in [3.8, 4) is 11.5 Å². The van der Waals surface area contributed by atoms with Crippen molar-refractivity contribution in [2.75, 3.05) is 6.61 Å². The fourth-order valence-electron chi connectivity index (χ4n) is 3.95. The predicted octanol–water partition coefficient (Wildman–Crippen LogP) is 7.31. The average Bonchev–Trinajstić information content (AvgIpc) is 2.79. The van der Waals surface area contributed by atoms with Crippen molar-refractivity contribution in [2.45, 2.75) is 70.6 Å². The van der Waals surface area contributed by atoms with Gasteiger partial charge in [0.2, 0.25) is 0 Å². The van der Waals surface area contributed by atoms with Crippen molar-refractivity contribution < 1.29 is 14.3 Å². The SMILES string of the molecule is CCCCCCOc1ccc(C=CC(=O)Oc2ccc(C3CCCCC3)cc2)cc1. The van der Waals surface area contributed by atoms with Crippen LogP contribution in [0.2, 0.25) is 0 Å². The molecule has 1 aliphatic rings. The third-order valence-electron chi connectivity index (χ3n) is 5.73. The summed E-state index contributed by atoms with van der Waals surface area (Å²) in [7, 11) is 0. The number of carbonyl (C=O) groups is 1. The van der Waals surface area contributed by atoms with Crippen molar-refractivity contribution in [1.29, 1.82) is 0 Å². The lowest BCUT2D eigenvalue weighted by atomic mass is 9.84. The molecule has 1 fully saturated rings. The number of benzene rings is 2. The monoisotopic (exact) mass is 406 g/mol. The summed E-state index contributed by atoms with van der Waals surface area (Å²) in [5, 5.41) is 0. The van der Waals surface area contributed by atoms with Gasteiger partial charge in [0, 0.05) is 6.08 Å². The van der Waals surface area contributed by atoms with E-state index in [1.807, 2.05) is 36.4 Å². The van der Waals surface area contributed by atoms with Crippen molar-refractivity contribution in [3.05, 3.63) is 65.7 Å². The summed E-state index contributed by atoms with van der Waals surface area (Å²) >= 11 is 0. The quantitative estimate of drug-likeness (QED) is 0.179. The minimum Gasteiger partial charge on any atom is -0.494 e. The van der Waals surface area contributed by atoms with Crippen LogP contribution in [0.4, 0.5) is 0 Å². The minimum absolute atomic E-state index is 0.364. The molecule has 0 bridgehead atoms. The molecule has 3 heteroatoms. The van der Waals surface area contributed by atoms with Gasteiger partial charge < -0.3 is 9.47 Å². The van der Waals surface area contributed by atoms with E-state index in [1.165, 1.54) is 63.0 Å². The van der Waals surface area contributed by atoms with E-state index >= 15 is 0 Å². The molecule has 0 N–H and O–H groups in total. The van der Waals surface area contributed by atoms with Crippen LogP contribution in [0.15, 0.2) is 54.6 Å². The molecular formula is C27H34O3. The normalized spacial score (nSPS) is 14.7. The third kappa shape index (κ3) is 7.37. The van der Waals surface area contributed by atoms with Gasteiger partial charge >= 0.3 is 5.97 Å². The van der Waals surface area contributed by atoms with Gasteiger partial charge in [0.1, 0.15) is 11.5 Å². The van der Waals surface area contributed by atoms with Crippen LogP contribution in [0.3, 0.4) is 0 Å². The second kappa shape index (κ2) is 12.2. The van der Waals surface area contributed by atoms with Crippen LogP contribution in [0, 0.1) is 0 Å². The summed E-state index contributed by atoms with van der Waals surface area (Å²) in [5.74, 6) is 1.75. The van der Waals surface area contributed by atoms with Crippen molar-refractivity contribution in [2.24, 2.45) is 0 Å². The second-order valence-electron chi connectivity index (χ2n) is 8.14. The fraction of sp³-hybridized carbons (Fsp3) is 0.444. The Morgan fingerprint density at radius 3 is 2.30 bits per heavy atom. The highest BCUT2D eigenvalue weighted by Crippen LogP contribution is 2.33. The molecule has 2 aromatic rings. The van der Waals surface area contributed by atoms with Gasteiger partial charge in [-0.15, -0.1) is 0 Å². The van der Waals surface area contributed by atoms with E-state index in [4.69, 9.17) is 9.47 Å². The summed E-state index contributed by atoms with van der Waals surface area (Å²) in [5.41, 5.74) is 2.30. The summed E-state index contributed by atoms with van der Waals surface area (Å²) in [6.07, 6.45) is 14.5. The van der Waals surface area contributed by atoms with E-state index in [0.29, 0.717) is 11.7 Å². The standard InChI is InChI=1S/C27H34O3/c1-2-3-4-8-21-29-25-16-11-22(12-17-25)13-20-27(28)30-26-18-14-24(15-19-26)23-9-6-5-7-10-23/h11-20,23H,2-10,21H2,1H3. The van der Waals surface area contributed by atoms with Gasteiger partial charge in [0.05, 0.1) is 6.61 Å². The van der Waals surface area contributed by atoms with Crippen LogP contribution in [0.25, 0.3) is 6.08 Å². The number of unbranched alkanes of at least 4 members (excludes halogenated alkanes) is 3. The van der Waals surface area contributed by atoms with Crippen LogP contribution in [0.5, 0.6) is 11.5 Å². The van der Waals surface area contributed by atoms with E-state index in [1.54, 1.807) is 6.08 Å². The van der Waals surface area contributed by atoms with Crippen molar-refractivity contribution in [1.82, 2.24) is 0 Å². The Labute approximate surface area is 181 Å². The maximum atomic E-state index is 12.1. The number of esters is 1. The van der Waals surface area contributed by atoms with Gasteiger partial charge in [-0.3, -0.25) is 0 Å². The van der Waals surface area contributed by atoms with Gasteiger partial charge in [0.25, 0.3) is 0 Å². The lowest BCUT2D eigenvalue weighted by Crippen LogP contribution is -2.06. The van der Waals surface area contributed by atoms with E-state index in [2.05, 4.69) is 19.1 Å². The average molecular weight is 407 g/mol. The van der Waals surface area contributed by atoms with Gasteiger partial charge in [-0.25, -0.2) is 4.79 Å². The van der Waals surface area contributed by atoms with Gasteiger partial charge in [-0.1, -0.05) is 69.7 Å². The van der Waals surface area contributed by atoms with Crippen LogP contribution in [0.1, 0.15) is 81.8 Å². The Kier molecular flexibility index (Phi) is 9.02. The summed E-state index contributed by atoms with van der Waals surface area (Å²) in [4.78, 5) is 12.1. The number of ether oxygens (including phenoxy) is 2. The number of rotatable bonds is 10. The Balaban J connectivity index is 1.43. The molecule has 0 aliphatic heterocycles.